The van der Waals surface area contributed by atoms with E-state index in [1.165, 1.54) is 11.8 Å². The van der Waals surface area contributed by atoms with Crippen molar-refractivity contribution in [2.45, 2.75) is 13.0 Å². The van der Waals surface area contributed by atoms with Crippen LogP contribution in [0.25, 0.3) is 0 Å². The molecule has 7 heteroatoms. The van der Waals surface area contributed by atoms with Gasteiger partial charge in [-0.1, -0.05) is 34.1 Å². The van der Waals surface area contributed by atoms with Crippen molar-refractivity contribution in [1.29, 1.82) is 0 Å². The number of carbonyl (C=O) groups is 2. The summed E-state index contributed by atoms with van der Waals surface area (Å²) in [6.07, 6.45) is 0. The van der Waals surface area contributed by atoms with Gasteiger partial charge in [0.1, 0.15) is 0 Å². The number of nitrogens with zero attached hydrogens (tertiary/aromatic N) is 1. The molecule has 1 aromatic rings. The summed E-state index contributed by atoms with van der Waals surface area (Å²) in [6, 6.07) is 7.74. The van der Waals surface area contributed by atoms with E-state index in [2.05, 4.69) is 21.2 Å². The molecule has 1 N–H and O–H groups in total. The van der Waals surface area contributed by atoms with E-state index in [0.29, 0.717) is 32.1 Å². The highest BCUT2D eigenvalue weighted by atomic mass is 79.9. The largest absolute Gasteiger partial charge is 0.378 e. The Hall–Kier alpha value is -1.05. The maximum absolute atomic E-state index is 12.0. The second-order valence-corrected chi connectivity index (χ2v) is 7.14. The summed E-state index contributed by atoms with van der Waals surface area (Å²) in [5.74, 6) is 0.625. The zero-order chi connectivity index (χ0) is 16.7. The lowest BCUT2D eigenvalue weighted by Crippen LogP contribution is -2.41. The van der Waals surface area contributed by atoms with Crippen LogP contribution >= 0.6 is 27.7 Å². The van der Waals surface area contributed by atoms with Gasteiger partial charge in [-0.15, -0.1) is 11.8 Å². The smallest absolute Gasteiger partial charge is 0.232 e. The average molecular weight is 401 g/mol. The molecule has 2 amide bonds. The number of ether oxygens (including phenoxy) is 1. The average Bonchev–Trinajstić information content (AvgIpc) is 2.55. The molecule has 0 bridgehead atoms. The molecule has 1 aliphatic heterocycles. The number of hydrogen-bond donors (Lipinski definition) is 1. The van der Waals surface area contributed by atoms with Crippen molar-refractivity contribution >= 4 is 39.5 Å². The molecule has 1 atom stereocenters. The van der Waals surface area contributed by atoms with E-state index in [9.17, 15) is 9.59 Å². The lowest BCUT2D eigenvalue weighted by Gasteiger charge is -2.26. The van der Waals surface area contributed by atoms with Gasteiger partial charge in [0.05, 0.1) is 30.8 Å². The molecule has 1 unspecified atom stereocenters. The number of halogens is 1. The van der Waals surface area contributed by atoms with E-state index in [1.54, 1.807) is 4.90 Å². The van der Waals surface area contributed by atoms with Gasteiger partial charge in [0.25, 0.3) is 0 Å². The standard InChI is InChI=1S/C16H21BrN2O3S/c1-12(13-4-2-3-5-14(13)17)18-15(20)10-23-11-16(21)19-6-8-22-9-7-19/h2-5,12H,6-11H2,1H3,(H,18,20). The van der Waals surface area contributed by atoms with Crippen molar-refractivity contribution in [1.82, 2.24) is 10.2 Å². The Morgan fingerprint density at radius 3 is 2.70 bits per heavy atom. The molecule has 1 aromatic carbocycles. The van der Waals surface area contributed by atoms with Crippen LogP contribution in [0.15, 0.2) is 28.7 Å². The summed E-state index contributed by atoms with van der Waals surface area (Å²) < 4.78 is 6.19. The molecular formula is C16H21BrN2O3S. The van der Waals surface area contributed by atoms with Gasteiger partial charge in [0.15, 0.2) is 0 Å². The molecule has 0 aliphatic carbocycles. The first kappa shape index (κ1) is 18.3. The van der Waals surface area contributed by atoms with Gasteiger partial charge in [-0.05, 0) is 18.6 Å². The Morgan fingerprint density at radius 2 is 2.00 bits per heavy atom. The molecule has 126 valence electrons. The van der Waals surface area contributed by atoms with E-state index in [4.69, 9.17) is 4.74 Å². The van der Waals surface area contributed by atoms with Crippen LogP contribution in [0.4, 0.5) is 0 Å². The molecule has 1 fully saturated rings. The maximum Gasteiger partial charge on any atom is 0.232 e. The van der Waals surface area contributed by atoms with Gasteiger partial charge in [0.2, 0.25) is 11.8 Å². The number of hydrogen-bond acceptors (Lipinski definition) is 4. The molecule has 0 spiro atoms. The van der Waals surface area contributed by atoms with E-state index in [0.717, 1.165) is 10.0 Å². The van der Waals surface area contributed by atoms with E-state index in [-0.39, 0.29) is 23.6 Å². The van der Waals surface area contributed by atoms with Crippen LogP contribution in [-0.2, 0) is 14.3 Å². The minimum Gasteiger partial charge on any atom is -0.378 e. The summed E-state index contributed by atoms with van der Waals surface area (Å²) in [6.45, 7) is 4.43. The highest BCUT2D eigenvalue weighted by molar-refractivity contribution is 9.10. The molecule has 0 saturated carbocycles. The number of rotatable bonds is 6. The summed E-state index contributed by atoms with van der Waals surface area (Å²) >= 11 is 4.83. The van der Waals surface area contributed by atoms with Crippen molar-refractivity contribution in [3.05, 3.63) is 34.3 Å². The van der Waals surface area contributed by atoms with Gasteiger partial charge < -0.3 is 15.0 Å². The number of nitrogens with one attached hydrogen (secondary N) is 1. The van der Waals surface area contributed by atoms with Crippen LogP contribution in [0.2, 0.25) is 0 Å². The second-order valence-electron chi connectivity index (χ2n) is 5.30. The predicted molar refractivity (Wildman–Crippen MR) is 95.4 cm³/mol. The lowest BCUT2D eigenvalue weighted by molar-refractivity contribution is -0.132. The van der Waals surface area contributed by atoms with Gasteiger partial charge in [-0.3, -0.25) is 9.59 Å². The van der Waals surface area contributed by atoms with Gasteiger partial charge in [-0.2, -0.15) is 0 Å². The maximum atomic E-state index is 12.0. The first-order valence-corrected chi connectivity index (χ1v) is 9.49. The van der Waals surface area contributed by atoms with Crippen LogP contribution in [0, 0.1) is 0 Å². The SMILES string of the molecule is CC(NC(=O)CSCC(=O)N1CCOCC1)c1ccccc1Br. The fourth-order valence-corrected chi connectivity index (χ4v) is 3.68. The Balaban J connectivity index is 1.70. The minimum atomic E-state index is -0.0754. The van der Waals surface area contributed by atoms with E-state index < -0.39 is 0 Å². The Labute approximate surface area is 149 Å². The summed E-state index contributed by atoms with van der Waals surface area (Å²) in [5.41, 5.74) is 1.04. The summed E-state index contributed by atoms with van der Waals surface area (Å²) in [7, 11) is 0. The van der Waals surface area contributed by atoms with Crippen molar-refractivity contribution in [2.75, 3.05) is 37.8 Å². The topological polar surface area (TPSA) is 58.6 Å². The molecule has 2 rings (SSSR count). The zero-order valence-electron chi connectivity index (χ0n) is 13.1. The van der Waals surface area contributed by atoms with Crippen molar-refractivity contribution in [2.24, 2.45) is 0 Å². The van der Waals surface area contributed by atoms with Crippen LogP contribution in [0.1, 0.15) is 18.5 Å². The molecular weight excluding hydrogens is 380 g/mol. The predicted octanol–water partition coefficient (Wildman–Crippen LogP) is 2.22. The normalized spacial score (nSPS) is 16.0. The zero-order valence-corrected chi connectivity index (χ0v) is 15.5. The van der Waals surface area contributed by atoms with Gasteiger partial charge in [0, 0.05) is 17.6 Å². The second kappa shape index (κ2) is 9.30. The molecule has 0 aromatic heterocycles. The number of amides is 2. The number of benzene rings is 1. The third kappa shape index (κ3) is 5.82. The van der Waals surface area contributed by atoms with Crippen molar-refractivity contribution < 1.29 is 14.3 Å². The minimum absolute atomic E-state index is 0.0620. The van der Waals surface area contributed by atoms with Crippen LogP contribution < -0.4 is 5.32 Å². The quantitative estimate of drug-likeness (QED) is 0.794. The fraction of sp³-hybridized carbons (Fsp3) is 0.500. The Kier molecular flexibility index (Phi) is 7.39. The highest BCUT2D eigenvalue weighted by Crippen LogP contribution is 2.22. The van der Waals surface area contributed by atoms with E-state index in [1.807, 2.05) is 31.2 Å². The lowest BCUT2D eigenvalue weighted by atomic mass is 10.1. The molecule has 1 heterocycles. The van der Waals surface area contributed by atoms with E-state index >= 15 is 0 Å². The Morgan fingerprint density at radius 1 is 1.30 bits per heavy atom. The third-order valence-corrected chi connectivity index (χ3v) is 5.21. The van der Waals surface area contributed by atoms with Crippen LogP contribution in [-0.4, -0.2) is 54.5 Å². The molecule has 23 heavy (non-hydrogen) atoms. The highest BCUT2D eigenvalue weighted by Gasteiger charge is 2.17. The summed E-state index contributed by atoms with van der Waals surface area (Å²) in [4.78, 5) is 25.8. The number of thioether (sulfide) groups is 1. The molecule has 1 saturated heterocycles. The number of carbonyl (C=O) groups excluding carboxylic acids is 2. The summed E-state index contributed by atoms with van der Waals surface area (Å²) in [5, 5.41) is 2.96. The Bertz CT molecular complexity index is 550. The van der Waals surface area contributed by atoms with Gasteiger partial charge in [-0.25, -0.2) is 0 Å². The monoisotopic (exact) mass is 400 g/mol. The van der Waals surface area contributed by atoms with Crippen LogP contribution in [0.5, 0.6) is 0 Å². The number of morpholine rings is 1. The molecule has 0 radical (unpaired) electrons. The first-order valence-electron chi connectivity index (χ1n) is 7.55. The van der Waals surface area contributed by atoms with Crippen molar-refractivity contribution in [3.63, 3.8) is 0 Å². The van der Waals surface area contributed by atoms with Gasteiger partial charge >= 0.3 is 0 Å². The first-order chi connectivity index (χ1) is 11.1. The van der Waals surface area contributed by atoms with Crippen molar-refractivity contribution in [3.8, 4) is 0 Å². The molecule has 1 aliphatic rings. The fourth-order valence-electron chi connectivity index (χ4n) is 2.32. The van der Waals surface area contributed by atoms with Crippen LogP contribution in [0.3, 0.4) is 0 Å². The third-order valence-electron chi connectivity index (χ3n) is 3.57. The molecule has 5 nitrogen and oxygen atoms in total.